The van der Waals surface area contributed by atoms with Crippen LogP contribution in [0.3, 0.4) is 0 Å². The van der Waals surface area contributed by atoms with Crippen LogP contribution in [0.2, 0.25) is 0 Å². The van der Waals surface area contributed by atoms with E-state index in [1.54, 1.807) is 21.3 Å². The summed E-state index contributed by atoms with van der Waals surface area (Å²) in [6.45, 7) is 0.855. The van der Waals surface area contributed by atoms with Gasteiger partial charge in [0.1, 0.15) is 5.75 Å². The Labute approximate surface area is 160 Å². The van der Waals surface area contributed by atoms with Gasteiger partial charge in [-0.15, -0.1) is 0 Å². The number of aliphatic hydroxyl groups is 1. The van der Waals surface area contributed by atoms with Gasteiger partial charge in [0, 0.05) is 17.5 Å². The van der Waals surface area contributed by atoms with Crippen LogP contribution in [0.5, 0.6) is 17.2 Å². The number of fused-ring (bicyclic) bond motifs is 3. The molecule has 0 saturated carbocycles. The number of aliphatic hydroxyl groups excluding tert-OH is 1. The van der Waals surface area contributed by atoms with E-state index < -0.39 is 0 Å². The molecule has 27 heavy (non-hydrogen) atoms. The minimum atomic E-state index is -0.0717. The number of likely N-dealkylation sites (N-methyl/N-ethyl adjacent to an activating group) is 1. The molecule has 0 aromatic heterocycles. The number of hydrogen-bond acceptors (Lipinski definition) is 5. The highest BCUT2D eigenvalue weighted by Gasteiger charge is 2.17. The van der Waals surface area contributed by atoms with Crippen molar-refractivity contribution >= 4 is 21.5 Å². The molecule has 0 amide bonds. The molecule has 5 nitrogen and oxygen atoms in total. The molecule has 0 atom stereocenters. The van der Waals surface area contributed by atoms with E-state index in [2.05, 4.69) is 37.2 Å². The predicted molar refractivity (Wildman–Crippen MR) is 109 cm³/mol. The molecule has 0 aliphatic carbocycles. The van der Waals surface area contributed by atoms with Crippen LogP contribution >= 0.6 is 0 Å². The molecule has 3 rings (SSSR count). The predicted octanol–water partition coefficient (Wildman–Crippen LogP) is 3.62. The molecule has 0 unspecified atom stereocenters. The Hall–Kier alpha value is -2.50. The first-order chi connectivity index (χ1) is 13.0. The first-order valence-corrected chi connectivity index (χ1v) is 8.96. The highest BCUT2D eigenvalue weighted by Crippen LogP contribution is 2.41. The fourth-order valence-corrected chi connectivity index (χ4v) is 3.58. The van der Waals surface area contributed by atoms with Crippen molar-refractivity contribution in [2.24, 2.45) is 0 Å². The van der Waals surface area contributed by atoms with E-state index in [9.17, 15) is 5.11 Å². The summed E-state index contributed by atoms with van der Waals surface area (Å²) in [5.74, 6) is 2.07. The number of benzene rings is 3. The summed E-state index contributed by atoms with van der Waals surface area (Å²) in [6, 6.07) is 10.2. The van der Waals surface area contributed by atoms with Crippen LogP contribution in [0.15, 0.2) is 30.3 Å². The summed E-state index contributed by atoms with van der Waals surface area (Å²) in [7, 11) is 9.03. The molecule has 0 spiro atoms. The second-order valence-electron chi connectivity index (χ2n) is 6.86. The Morgan fingerprint density at radius 3 is 2.15 bits per heavy atom. The Balaban J connectivity index is 2.39. The molecular formula is C22H27NO4. The number of methoxy groups -OCH3 is 3. The van der Waals surface area contributed by atoms with E-state index in [4.69, 9.17) is 14.2 Å². The Kier molecular flexibility index (Phi) is 5.73. The monoisotopic (exact) mass is 369 g/mol. The average molecular weight is 369 g/mol. The van der Waals surface area contributed by atoms with E-state index in [0.717, 1.165) is 40.1 Å². The van der Waals surface area contributed by atoms with Crippen molar-refractivity contribution in [3.8, 4) is 17.2 Å². The van der Waals surface area contributed by atoms with E-state index in [0.29, 0.717) is 17.2 Å². The topological polar surface area (TPSA) is 51.2 Å². The van der Waals surface area contributed by atoms with Crippen molar-refractivity contribution in [2.75, 3.05) is 42.0 Å². The molecule has 0 fully saturated rings. The van der Waals surface area contributed by atoms with Gasteiger partial charge in [0.2, 0.25) is 0 Å². The fraction of sp³-hybridized carbons (Fsp3) is 0.364. The summed E-state index contributed by atoms with van der Waals surface area (Å²) >= 11 is 0. The van der Waals surface area contributed by atoms with E-state index in [1.807, 2.05) is 12.1 Å². The quantitative estimate of drug-likeness (QED) is 0.645. The zero-order valence-electron chi connectivity index (χ0n) is 16.6. The highest BCUT2D eigenvalue weighted by atomic mass is 16.5. The molecule has 5 heteroatoms. The molecular weight excluding hydrogens is 342 g/mol. The molecule has 1 N–H and O–H groups in total. The SMILES string of the molecule is COc1cc2ccc3c(CCN(C)C)cc(CO)c(OC)c3c2cc1OC. The van der Waals surface area contributed by atoms with Gasteiger partial charge < -0.3 is 24.2 Å². The maximum atomic E-state index is 9.93. The van der Waals surface area contributed by atoms with E-state index >= 15 is 0 Å². The third kappa shape index (κ3) is 3.53. The largest absolute Gasteiger partial charge is 0.496 e. The van der Waals surface area contributed by atoms with Gasteiger partial charge in [-0.2, -0.15) is 0 Å². The maximum Gasteiger partial charge on any atom is 0.161 e. The van der Waals surface area contributed by atoms with Crippen LogP contribution in [0.1, 0.15) is 11.1 Å². The first kappa shape index (κ1) is 19.3. The van der Waals surface area contributed by atoms with E-state index in [-0.39, 0.29) is 6.61 Å². The maximum absolute atomic E-state index is 9.93. The molecule has 0 radical (unpaired) electrons. The van der Waals surface area contributed by atoms with Gasteiger partial charge in [-0.1, -0.05) is 12.1 Å². The number of ether oxygens (including phenoxy) is 3. The molecule has 3 aromatic rings. The van der Waals surface area contributed by atoms with Gasteiger partial charge in [-0.05, 0) is 60.4 Å². The lowest BCUT2D eigenvalue weighted by Crippen LogP contribution is -2.15. The Morgan fingerprint density at radius 1 is 0.852 bits per heavy atom. The molecule has 0 aliphatic heterocycles. The van der Waals surface area contributed by atoms with Crippen LogP contribution in [-0.2, 0) is 13.0 Å². The van der Waals surface area contributed by atoms with Gasteiger partial charge >= 0.3 is 0 Å². The number of hydrogen-bond donors (Lipinski definition) is 1. The zero-order chi connectivity index (χ0) is 19.6. The van der Waals surface area contributed by atoms with Crippen molar-refractivity contribution < 1.29 is 19.3 Å². The van der Waals surface area contributed by atoms with Crippen LogP contribution in [0, 0.1) is 0 Å². The number of rotatable bonds is 7. The van der Waals surface area contributed by atoms with E-state index in [1.165, 1.54) is 5.56 Å². The fourth-order valence-electron chi connectivity index (χ4n) is 3.58. The number of nitrogens with zero attached hydrogens (tertiary/aromatic N) is 1. The van der Waals surface area contributed by atoms with Crippen LogP contribution in [0.4, 0.5) is 0 Å². The lowest BCUT2D eigenvalue weighted by Gasteiger charge is -2.19. The first-order valence-electron chi connectivity index (χ1n) is 8.96. The van der Waals surface area contributed by atoms with Gasteiger partial charge in [0.15, 0.2) is 11.5 Å². The van der Waals surface area contributed by atoms with Crippen molar-refractivity contribution in [1.29, 1.82) is 0 Å². The minimum Gasteiger partial charge on any atom is -0.496 e. The summed E-state index contributed by atoms with van der Waals surface area (Å²) in [5.41, 5.74) is 1.99. The van der Waals surface area contributed by atoms with Gasteiger partial charge in [-0.3, -0.25) is 0 Å². The molecule has 0 heterocycles. The second-order valence-corrected chi connectivity index (χ2v) is 6.86. The van der Waals surface area contributed by atoms with Gasteiger partial charge in [0.25, 0.3) is 0 Å². The molecule has 0 aliphatic rings. The molecule has 0 saturated heterocycles. The van der Waals surface area contributed by atoms with Crippen molar-refractivity contribution in [3.05, 3.63) is 41.5 Å². The summed E-state index contributed by atoms with van der Waals surface area (Å²) in [5, 5.41) is 14.1. The summed E-state index contributed by atoms with van der Waals surface area (Å²) < 4.78 is 16.7. The molecule has 3 aromatic carbocycles. The average Bonchev–Trinajstić information content (AvgIpc) is 2.69. The van der Waals surface area contributed by atoms with Gasteiger partial charge in [-0.25, -0.2) is 0 Å². The Bertz CT molecular complexity index is 966. The summed E-state index contributed by atoms with van der Waals surface area (Å²) in [6.07, 6.45) is 0.888. The third-order valence-electron chi connectivity index (χ3n) is 4.94. The summed E-state index contributed by atoms with van der Waals surface area (Å²) in [4.78, 5) is 2.16. The van der Waals surface area contributed by atoms with Crippen molar-refractivity contribution in [1.82, 2.24) is 4.90 Å². The van der Waals surface area contributed by atoms with Crippen LogP contribution < -0.4 is 14.2 Å². The second kappa shape index (κ2) is 8.03. The lowest BCUT2D eigenvalue weighted by atomic mass is 9.93. The smallest absolute Gasteiger partial charge is 0.161 e. The minimum absolute atomic E-state index is 0.0717. The highest BCUT2D eigenvalue weighted by molar-refractivity contribution is 6.13. The van der Waals surface area contributed by atoms with Gasteiger partial charge in [0.05, 0.1) is 27.9 Å². The zero-order valence-corrected chi connectivity index (χ0v) is 16.6. The van der Waals surface area contributed by atoms with Crippen LogP contribution in [-0.4, -0.2) is 52.0 Å². The standard InChI is InChI=1S/C22H27NO4/c1-23(2)9-8-15-10-16(13-24)22(27-5)21-17(15)7-6-14-11-19(25-3)20(26-4)12-18(14)21/h6-7,10-12,24H,8-9,13H2,1-5H3. The van der Waals surface area contributed by atoms with Crippen LogP contribution in [0.25, 0.3) is 21.5 Å². The van der Waals surface area contributed by atoms with Crippen molar-refractivity contribution in [2.45, 2.75) is 13.0 Å². The third-order valence-corrected chi connectivity index (χ3v) is 4.94. The molecule has 144 valence electrons. The van der Waals surface area contributed by atoms with Crippen molar-refractivity contribution in [3.63, 3.8) is 0 Å². The molecule has 0 bridgehead atoms. The Morgan fingerprint density at radius 2 is 1.56 bits per heavy atom. The normalized spacial score (nSPS) is 11.4. The lowest BCUT2D eigenvalue weighted by molar-refractivity contribution is 0.274.